The highest BCUT2D eigenvalue weighted by Gasteiger charge is 2.30. The fourth-order valence-corrected chi connectivity index (χ4v) is 4.20. The first kappa shape index (κ1) is 27.8. The molecule has 1 aromatic heterocycles. The molecular weight excluding hydrogens is 535 g/mol. The van der Waals surface area contributed by atoms with E-state index in [1.54, 1.807) is 0 Å². The van der Waals surface area contributed by atoms with Gasteiger partial charge in [-0.1, -0.05) is 0 Å². The summed E-state index contributed by atoms with van der Waals surface area (Å²) >= 11 is 0. The number of guanidine groups is 1. The van der Waals surface area contributed by atoms with Gasteiger partial charge in [-0.05, 0) is 40.0 Å². The smallest absolute Gasteiger partial charge is 0.239 e. The normalized spacial score (nSPS) is 18.4. The fourth-order valence-electron chi connectivity index (χ4n) is 4.20. The Morgan fingerprint density at radius 2 is 1.82 bits per heavy atom. The van der Waals surface area contributed by atoms with Gasteiger partial charge in [0.1, 0.15) is 12.4 Å². The number of rotatable bonds is 9. The number of ether oxygens (including phenoxy) is 1. The predicted molar refractivity (Wildman–Crippen MR) is 140 cm³/mol. The van der Waals surface area contributed by atoms with Crippen molar-refractivity contribution in [1.29, 1.82) is 0 Å². The Morgan fingerprint density at radius 1 is 1.12 bits per heavy atom. The lowest BCUT2D eigenvalue weighted by Crippen LogP contribution is -2.57. The summed E-state index contributed by atoms with van der Waals surface area (Å²) in [4.78, 5) is 24.2. The third-order valence-corrected chi connectivity index (χ3v) is 6.44. The molecule has 0 aromatic carbocycles. The predicted octanol–water partition coefficient (Wildman–Crippen LogP) is 1.24. The fraction of sp³-hybridized carbons (Fsp3) is 0.818. The number of hydrogen-bond donors (Lipinski definition) is 1. The van der Waals surface area contributed by atoms with Crippen LogP contribution in [0.15, 0.2) is 4.99 Å². The molecule has 3 heterocycles. The van der Waals surface area contributed by atoms with Crippen LogP contribution < -0.4 is 5.32 Å². The summed E-state index contributed by atoms with van der Waals surface area (Å²) < 4.78 is 7.43. The lowest BCUT2D eigenvalue weighted by Gasteiger charge is -2.39. The van der Waals surface area contributed by atoms with Gasteiger partial charge < -0.3 is 24.4 Å². The average molecular weight is 577 g/mol. The van der Waals surface area contributed by atoms with Crippen molar-refractivity contribution < 1.29 is 9.53 Å². The molecule has 1 atom stereocenters. The highest BCUT2D eigenvalue weighted by molar-refractivity contribution is 14.0. The second kappa shape index (κ2) is 14.1. The molecule has 10 nitrogen and oxygen atoms in total. The van der Waals surface area contributed by atoms with Crippen molar-refractivity contribution in [3.63, 3.8) is 0 Å². The number of aromatic nitrogens is 3. The van der Waals surface area contributed by atoms with Crippen LogP contribution in [0, 0.1) is 6.92 Å². The number of halogens is 1. The second-order valence-corrected chi connectivity index (χ2v) is 8.57. The van der Waals surface area contributed by atoms with Crippen molar-refractivity contribution in [2.75, 3.05) is 59.0 Å². The van der Waals surface area contributed by atoms with E-state index < -0.39 is 0 Å². The number of aliphatic imine (C=N–C) groups is 1. The number of hydrogen-bond acceptors (Lipinski definition) is 6. The van der Waals surface area contributed by atoms with Gasteiger partial charge in [0.25, 0.3) is 0 Å². The van der Waals surface area contributed by atoms with E-state index in [2.05, 4.69) is 25.3 Å². The average Bonchev–Trinajstić information content (AvgIpc) is 3.46. The number of carbonyl (C=O) groups excluding carboxylic acids is 1. The maximum Gasteiger partial charge on any atom is 0.239 e. The van der Waals surface area contributed by atoms with E-state index in [0.29, 0.717) is 6.54 Å². The lowest BCUT2D eigenvalue weighted by molar-refractivity contribution is -0.135. The van der Waals surface area contributed by atoms with Gasteiger partial charge in [-0.2, -0.15) is 0 Å². The Labute approximate surface area is 215 Å². The summed E-state index contributed by atoms with van der Waals surface area (Å²) in [6, 6.07) is -0.0589. The zero-order valence-corrected chi connectivity index (χ0v) is 23.0. The van der Waals surface area contributed by atoms with Gasteiger partial charge in [-0.25, -0.2) is 4.99 Å². The minimum absolute atomic E-state index is 0. The Bertz CT molecular complexity index is 758. The van der Waals surface area contributed by atoms with Crippen LogP contribution in [0.3, 0.4) is 0 Å². The van der Waals surface area contributed by atoms with Gasteiger partial charge in [0, 0.05) is 66.1 Å². The van der Waals surface area contributed by atoms with Crippen molar-refractivity contribution in [3.8, 4) is 0 Å². The maximum atomic E-state index is 12.8. The number of amides is 1. The first-order chi connectivity index (χ1) is 15.5. The standard InChI is InChI=1S/C22H40N8O2.HI/c1-5-32-16-8-9-23-22(24-17-20-26-25-19(3)27(20)4)30-14-12-28(13-15-30)18(2)21(31)29-10-6-7-11-29;/h18H,5-17H2,1-4H3,(H,23,24);1H. The summed E-state index contributed by atoms with van der Waals surface area (Å²) in [5.74, 6) is 2.89. The molecule has 0 saturated carbocycles. The molecule has 2 aliphatic heterocycles. The van der Waals surface area contributed by atoms with Crippen LogP contribution >= 0.6 is 24.0 Å². The molecule has 11 heteroatoms. The highest BCUT2D eigenvalue weighted by atomic mass is 127. The minimum atomic E-state index is -0.0589. The summed E-state index contributed by atoms with van der Waals surface area (Å²) in [7, 11) is 1.97. The Morgan fingerprint density at radius 3 is 2.42 bits per heavy atom. The first-order valence-electron chi connectivity index (χ1n) is 12.0. The summed E-state index contributed by atoms with van der Waals surface area (Å²) in [6.07, 6.45) is 3.19. The largest absolute Gasteiger partial charge is 0.382 e. The van der Waals surface area contributed by atoms with Gasteiger partial charge in [0.2, 0.25) is 5.91 Å². The monoisotopic (exact) mass is 576 g/mol. The van der Waals surface area contributed by atoms with Crippen LogP contribution in [-0.2, 0) is 23.1 Å². The number of nitrogens with zero attached hydrogens (tertiary/aromatic N) is 7. The van der Waals surface area contributed by atoms with Crippen LogP contribution in [0.2, 0.25) is 0 Å². The SMILES string of the molecule is CCOCCCNC(=NCc1nnc(C)n1C)N1CCN(C(C)C(=O)N2CCCC2)CC1.I. The molecule has 0 radical (unpaired) electrons. The molecule has 1 amide bonds. The molecule has 2 fully saturated rings. The van der Waals surface area contributed by atoms with Crippen molar-refractivity contribution in [2.24, 2.45) is 12.0 Å². The van der Waals surface area contributed by atoms with Gasteiger partial charge in [-0.3, -0.25) is 9.69 Å². The molecule has 1 aromatic rings. The lowest BCUT2D eigenvalue weighted by atomic mass is 10.2. The maximum absolute atomic E-state index is 12.8. The van der Waals surface area contributed by atoms with Crippen molar-refractivity contribution in [2.45, 2.75) is 52.6 Å². The Kier molecular flexibility index (Phi) is 11.8. The third-order valence-electron chi connectivity index (χ3n) is 6.44. The van der Waals surface area contributed by atoms with Gasteiger partial charge in [0.15, 0.2) is 11.8 Å². The molecule has 33 heavy (non-hydrogen) atoms. The summed E-state index contributed by atoms with van der Waals surface area (Å²) in [6.45, 7) is 14.0. The van der Waals surface area contributed by atoms with E-state index in [-0.39, 0.29) is 35.9 Å². The second-order valence-electron chi connectivity index (χ2n) is 8.57. The summed E-state index contributed by atoms with van der Waals surface area (Å²) in [5, 5.41) is 11.9. The van der Waals surface area contributed by atoms with Crippen LogP contribution in [0.1, 0.15) is 44.8 Å². The Balaban J connectivity index is 0.00000385. The summed E-state index contributed by atoms with van der Waals surface area (Å²) in [5.41, 5.74) is 0. The molecule has 3 rings (SSSR count). The van der Waals surface area contributed by atoms with Crippen LogP contribution in [0.5, 0.6) is 0 Å². The van der Waals surface area contributed by atoms with Crippen LogP contribution in [-0.4, -0.2) is 106 Å². The van der Waals surface area contributed by atoms with Gasteiger partial charge in [-0.15, -0.1) is 34.2 Å². The number of piperazine rings is 1. The number of carbonyl (C=O) groups is 1. The van der Waals surface area contributed by atoms with E-state index in [1.165, 1.54) is 0 Å². The molecule has 2 aliphatic rings. The zero-order chi connectivity index (χ0) is 22.9. The number of aryl methyl sites for hydroxylation is 1. The molecule has 1 N–H and O–H groups in total. The van der Waals surface area contributed by atoms with Crippen molar-refractivity contribution in [3.05, 3.63) is 11.6 Å². The number of likely N-dealkylation sites (tertiary alicyclic amines) is 1. The molecule has 188 valence electrons. The van der Waals surface area contributed by atoms with E-state index in [0.717, 1.165) is 95.9 Å². The van der Waals surface area contributed by atoms with Crippen LogP contribution in [0.4, 0.5) is 0 Å². The van der Waals surface area contributed by atoms with E-state index in [9.17, 15) is 4.79 Å². The Hall–Kier alpha value is -1.47. The van der Waals surface area contributed by atoms with Crippen molar-refractivity contribution in [1.82, 2.24) is 34.8 Å². The third kappa shape index (κ3) is 7.78. The molecule has 2 saturated heterocycles. The quantitative estimate of drug-likeness (QED) is 0.205. The number of nitrogens with one attached hydrogen (secondary N) is 1. The zero-order valence-electron chi connectivity index (χ0n) is 20.6. The van der Waals surface area contributed by atoms with E-state index >= 15 is 0 Å². The van der Waals surface area contributed by atoms with Crippen molar-refractivity contribution >= 4 is 35.8 Å². The molecule has 0 spiro atoms. The molecule has 1 unspecified atom stereocenters. The highest BCUT2D eigenvalue weighted by Crippen LogP contribution is 2.14. The van der Waals surface area contributed by atoms with Crippen LogP contribution in [0.25, 0.3) is 0 Å². The molecular formula is C22H41IN8O2. The molecule has 0 aliphatic carbocycles. The minimum Gasteiger partial charge on any atom is -0.382 e. The first-order valence-corrected chi connectivity index (χ1v) is 12.0. The topological polar surface area (TPSA) is 91.1 Å². The van der Waals surface area contributed by atoms with Gasteiger partial charge >= 0.3 is 0 Å². The molecule has 0 bridgehead atoms. The van der Waals surface area contributed by atoms with E-state index in [4.69, 9.17) is 9.73 Å². The van der Waals surface area contributed by atoms with Gasteiger partial charge in [0.05, 0.1) is 6.04 Å². The van der Waals surface area contributed by atoms with E-state index in [1.807, 2.05) is 37.3 Å².